The fourth-order valence-corrected chi connectivity index (χ4v) is 10.8. The monoisotopic (exact) mass is 724 g/mol. The summed E-state index contributed by atoms with van der Waals surface area (Å²) < 4.78 is 28.7. The summed E-state index contributed by atoms with van der Waals surface area (Å²) in [6.45, 7) is 11.0. The van der Waals surface area contributed by atoms with Crippen molar-refractivity contribution in [1.82, 2.24) is 0 Å². The van der Waals surface area contributed by atoms with Crippen molar-refractivity contribution in [3.8, 4) is 0 Å². The molecule has 0 bridgehead atoms. The molecule has 0 amide bonds. The van der Waals surface area contributed by atoms with Crippen LogP contribution in [-0.2, 0) is 23.7 Å². The number of aliphatic hydroxyl groups is 7. The van der Waals surface area contributed by atoms with Crippen molar-refractivity contribution in [2.45, 2.75) is 147 Å². The van der Waals surface area contributed by atoms with Crippen molar-refractivity contribution in [3.05, 3.63) is 23.3 Å². The molecule has 19 atom stereocenters. The van der Waals surface area contributed by atoms with Gasteiger partial charge in [-0.1, -0.05) is 52.3 Å². The van der Waals surface area contributed by atoms with Gasteiger partial charge in [0.15, 0.2) is 12.6 Å². The maximum absolute atomic E-state index is 11.6. The standard InChI is InChI=1S/C39H64O12/c1-19(21(3)16-48-36-35(33(46)30(44)17-49-36)51-37-34(47-6)32(45)29(43)18-50-37)7-8-20(2)25-15-28(42)31-23-14-27(41)26-13-22(40)9-11-38(26,4)24(23)10-12-39(25,31)5/h7-8,19-22,24-30,32-37,40-46H,9-18H2,1-6H3/b8-7+/t19-,20-,21-,22+,24?,25-,26?,27+,28-,29-,30-,32+,33+,34-,35-,36-,37+,38-,39-/m1/s1. The van der Waals surface area contributed by atoms with Crippen LogP contribution >= 0.6 is 0 Å². The minimum atomic E-state index is -1.34. The van der Waals surface area contributed by atoms with E-state index >= 15 is 0 Å². The van der Waals surface area contributed by atoms with Crippen LogP contribution in [0.25, 0.3) is 0 Å². The second kappa shape index (κ2) is 15.6. The Hall–Kier alpha value is -1.00. The second-order valence-corrected chi connectivity index (χ2v) is 17.4. The van der Waals surface area contributed by atoms with Crippen LogP contribution in [0.1, 0.15) is 79.6 Å². The van der Waals surface area contributed by atoms with E-state index in [1.54, 1.807) is 0 Å². The quantitative estimate of drug-likeness (QED) is 0.163. The fourth-order valence-electron chi connectivity index (χ4n) is 10.8. The van der Waals surface area contributed by atoms with Crippen molar-refractivity contribution >= 4 is 0 Å². The summed E-state index contributed by atoms with van der Waals surface area (Å²) >= 11 is 0. The summed E-state index contributed by atoms with van der Waals surface area (Å²) in [6, 6.07) is 0. The Labute approximate surface area is 302 Å². The van der Waals surface area contributed by atoms with Crippen LogP contribution in [-0.4, -0.2) is 130 Å². The highest BCUT2D eigenvalue weighted by Crippen LogP contribution is 2.65. The van der Waals surface area contributed by atoms with Gasteiger partial charge in [0.05, 0.1) is 38.1 Å². The van der Waals surface area contributed by atoms with Crippen LogP contribution in [0, 0.1) is 46.3 Å². The minimum absolute atomic E-state index is 0.0493. The molecule has 0 aromatic rings. The fraction of sp³-hybridized carbons (Fsp3) is 0.897. The maximum Gasteiger partial charge on any atom is 0.187 e. The molecule has 3 saturated carbocycles. The van der Waals surface area contributed by atoms with Crippen LogP contribution in [0.4, 0.5) is 0 Å². The first-order valence-electron chi connectivity index (χ1n) is 19.3. The molecule has 12 nitrogen and oxygen atoms in total. The molecule has 0 radical (unpaired) electrons. The lowest BCUT2D eigenvalue weighted by Gasteiger charge is -2.58. The summed E-state index contributed by atoms with van der Waals surface area (Å²) in [6.07, 6.45) is -0.359. The van der Waals surface area contributed by atoms with Crippen LogP contribution < -0.4 is 0 Å². The zero-order valence-corrected chi connectivity index (χ0v) is 31.2. The van der Waals surface area contributed by atoms with Crippen molar-refractivity contribution in [3.63, 3.8) is 0 Å². The molecule has 0 spiro atoms. The predicted octanol–water partition coefficient (Wildman–Crippen LogP) is 2.05. The Morgan fingerprint density at radius 1 is 0.824 bits per heavy atom. The number of hydrogen-bond donors (Lipinski definition) is 7. The molecule has 7 N–H and O–H groups in total. The van der Waals surface area contributed by atoms with Gasteiger partial charge in [0, 0.05) is 7.11 Å². The van der Waals surface area contributed by atoms with E-state index in [1.165, 1.54) is 18.3 Å². The van der Waals surface area contributed by atoms with Crippen molar-refractivity contribution in [2.24, 2.45) is 46.3 Å². The van der Waals surface area contributed by atoms with Gasteiger partial charge in [-0.25, -0.2) is 0 Å². The third-order valence-electron chi connectivity index (χ3n) is 14.2. The first kappa shape index (κ1) is 39.7. The van der Waals surface area contributed by atoms with Gasteiger partial charge in [0.25, 0.3) is 0 Å². The van der Waals surface area contributed by atoms with Crippen LogP contribution in [0.15, 0.2) is 23.3 Å². The number of ether oxygens (including phenoxy) is 5. The zero-order chi connectivity index (χ0) is 37.0. The molecule has 2 aliphatic heterocycles. The smallest absolute Gasteiger partial charge is 0.187 e. The Kier molecular flexibility index (Phi) is 12.2. The zero-order valence-electron chi connectivity index (χ0n) is 31.2. The van der Waals surface area contributed by atoms with E-state index in [4.69, 9.17) is 23.7 Å². The molecule has 4 aliphatic carbocycles. The van der Waals surface area contributed by atoms with Crippen LogP contribution in [0.2, 0.25) is 0 Å². The molecule has 2 unspecified atom stereocenters. The lowest BCUT2D eigenvalue weighted by molar-refractivity contribution is -0.346. The second-order valence-electron chi connectivity index (χ2n) is 17.4. The molecule has 6 aliphatic rings. The Balaban J connectivity index is 1.08. The summed E-state index contributed by atoms with van der Waals surface area (Å²) in [5.74, 6) is 1.11. The number of methoxy groups -OCH3 is 1. The molecular formula is C39H64O12. The van der Waals surface area contributed by atoms with Gasteiger partial charge in [-0.3, -0.25) is 0 Å². The average molecular weight is 725 g/mol. The number of hydrogen-bond acceptors (Lipinski definition) is 12. The van der Waals surface area contributed by atoms with E-state index in [9.17, 15) is 35.7 Å². The third kappa shape index (κ3) is 7.39. The molecule has 292 valence electrons. The third-order valence-corrected chi connectivity index (χ3v) is 14.2. The van der Waals surface area contributed by atoms with E-state index in [0.717, 1.165) is 25.7 Å². The molecule has 2 saturated heterocycles. The maximum atomic E-state index is 11.6. The Morgan fingerprint density at radius 3 is 2.18 bits per heavy atom. The minimum Gasteiger partial charge on any atom is -0.393 e. The Bertz CT molecular complexity index is 1260. The molecule has 12 heteroatoms. The summed E-state index contributed by atoms with van der Waals surface area (Å²) in [5, 5.41) is 74.8. The number of rotatable bonds is 10. The van der Waals surface area contributed by atoms with Crippen molar-refractivity contribution < 1.29 is 59.4 Å². The molecular weight excluding hydrogens is 660 g/mol. The molecule has 0 aromatic heterocycles. The molecule has 2 heterocycles. The highest BCUT2D eigenvalue weighted by atomic mass is 16.8. The van der Waals surface area contributed by atoms with Gasteiger partial charge in [-0.15, -0.1) is 0 Å². The highest BCUT2D eigenvalue weighted by Gasteiger charge is 2.59. The summed E-state index contributed by atoms with van der Waals surface area (Å²) in [7, 11) is 1.36. The van der Waals surface area contributed by atoms with Crippen LogP contribution in [0.5, 0.6) is 0 Å². The summed E-state index contributed by atoms with van der Waals surface area (Å²) in [5.41, 5.74) is 2.29. The summed E-state index contributed by atoms with van der Waals surface area (Å²) in [4.78, 5) is 0. The SMILES string of the molecule is CO[C@H]1[C@H](O[C@H]2[C@H](OC[C@@H](C)[C@H](C)/C=C/[C@@H](C)[C@H]3C[C@@H](O)C4=C5C[C@H](O)C6C[C@@H](O)CC[C@]6(C)C5CC[C@@]43C)OC[C@@H](O)[C@@H]2O)OC[C@@H](O)[C@@H]1O. The molecule has 51 heavy (non-hydrogen) atoms. The topological polar surface area (TPSA) is 188 Å². The first-order valence-corrected chi connectivity index (χ1v) is 19.3. The average Bonchev–Trinajstić information content (AvgIpc) is 3.37. The van der Waals surface area contributed by atoms with E-state index < -0.39 is 61.4 Å². The van der Waals surface area contributed by atoms with Crippen molar-refractivity contribution in [1.29, 1.82) is 0 Å². The van der Waals surface area contributed by atoms with Crippen molar-refractivity contribution in [2.75, 3.05) is 26.9 Å². The van der Waals surface area contributed by atoms with Gasteiger partial charge >= 0.3 is 0 Å². The van der Waals surface area contributed by atoms with Gasteiger partial charge in [-0.05, 0) is 96.9 Å². The van der Waals surface area contributed by atoms with E-state index in [0.29, 0.717) is 25.2 Å². The van der Waals surface area contributed by atoms with E-state index in [2.05, 4.69) is 46.8 Å². The highest BCUT2D eigenvalue weighted by molar-refractivity contribution is 5.38. The van der Waals surface area contributed by atoms with E-state index in [-0.39, 0.29) is 66.3 Å². The normalized spacial score (nSPS) is 49.3. The van der Waals surface area contributed by atoms with Gasteiger partial charge in [0.2, 0.25) is 0 Å². The van der Waals surface area contributed by atoms with Gasteiger partial charge < -0.3 is 59.4 Å². The van der Waals surface area contributed by atoms with Crippen LogP contribution in [0.3, 0.4) is 0 Å². The van der Waals surface area contributed by atoms with Gasteiger partial charge in [0.1, 0.15) is 36.6 Å². The lowest BCUT2D eigenvalue weighted by Crippen LogP contribution is -2.60. The van der Waals surface area contributed by atoms with Gasteiger partial charge in [-0.2, -0.15) is 0 Å². The van der Waals surface area contributed by atoms with E-state index in [1.807, 2.05) is 0 Å². The molecule has 6 rings (SSSR count). The largest absolute Gasteiger partial charge is 0.393 e. The number of aliphatic hydroxyl groups excluding tert-OH is 7. The number of allylic oxidation sites excluding steroid dienone is 2. The first-order chi connectivity index (χ1) is 24.1. The molecule has 0 aromatic carbocycles. The molecule has 5 fully saturated rings. The Morgan fingerprint density at radius 2 is 1.49 bits per heavy atom. The number of fused-ring (bicyclic) bond motifs is 4. The lowest BCUT2D eigenvalue weighted by atomic mass is 9.48. The predicted molar refractivity (Wildman–Crippen MR) is 186 cm³/mol.